The molecule has 4 aromatic rings. The zero-order valence-electron chi connectivity index (χ0n) is 22.0. The Morgan fingerprint density at radius 2 is 1.03 bits per heavy atom. The Morgan fingerprint density at radius 1 is 0.595 bits per heavy atom. The third kappa shape index (κ3) is 11.4. The summed E-state index contributed by atoms with van der Waals surface area (Å²) in [7, 11) is -0.0101. The summed E-state index contributed by atoms with van der Waals surface area (Å²) < 4.78 is 0. The Kier molecular flexibility index (Phi) is 17.7. The van der Waals surface area contributed by atoms with Crippen LogP contribution < -0.4 is 27.6 Å². The van der Waals surface area contributed by atoms with Crippen LogP contribution in [0.5, 0.6) is 0 Å². The standard InChI is InChI=1S/C27H22P.C6H15P.BrH.Ni/c1-4-12-23(13-5-1)20-21-24-14-10-11-15-25(24)22-28(26-16-6-2-7-17-26)27-18-8-3-9-19-27;1-4-7(5-2)6-3;;/h1-19,21H,22H2;4-6H2,1-3H3;1H;/q;;;+2/p-1. The average molecular weight is 634 g/mol. The first-order valence-electron chi connectivity index (χ1n) is 12.6. The third-order valence-corrected chi connectivity index (χ3v) is 11.2. The number of halogens is 1. The maximum absolute atomic E-state index is 3.44. The van der Waals surface area contributed by atoms with Crippen molar-refractivity contribution in [3.8, 4) is 0 Å². The number of hydrogen-bond acceptors (Lipinski definition) is 0. The normalized spacial score (nSPS) is 10.4. The van der Waals surface area contributed by atoms with Crippen LogP contribution in [0, 0.1) is 6.08 Å². The van der Waals surface area contributed by atoms with Gasteiger partial charge in [-0.1, -0.05) is 136 Å². The molecule has 0 amide bonds. The van der Waals surface area contributed by atoms with Crippen LogP contribution in [0.15, 0.2) is 115 Å². The molecule has 0 nitrogen and oxygen atoms in total. The smallest absolute Gasteiger partial charge is 1.00 e. The summed E-state index contributed by atoms with van der Waals surface area (Å²) in [5, 5.41) is 2.82. The summed E-state index contributed by atoms with van der Waals surface area (Å²) in [6.07, 6.45) is 10.8. The first kappa shape index (κ1) is 33.5. The van der Waals surface area contributed by atoms with E-state index in [9.17, 15) is 0 Å². The predicted octanol–water partition coefficient (Wildman–Crippen LogP) is 5.71. The fourth-order valence-corrected chi connectivity index (χ4v) is 7.60. The van der Waals surface area contributed by atoms with E-state index < -0.39 is 7.92 Å². The van der Waals surface area contributed by atoms with Crippen LogP contribution in [0.3, 0.4) is 0 Å². The van der Waals surface area contributed by atoms with Gasteiger partial charge in [-0.2, -0.15) is 0 Å². The van der Waals surface area contributed by atoms with Gasteiger partial charge in [-0.25, -0.2) is 0 Å². The monoisotopic (exact) mass is 632 g/mol. The Labute approximate surface area is 248 Å². The third-order valence-electron chi connectivity index (χ3n) is 6.03. The second kappa shape index (κ2) is 19.5. The van der Waals surface area contributed by atoms with E-state index in [1.165, 1.54) is 40.2 Å². The molecule has 0 bridgehead atoms. The van der Waals surface area contributed by atoms with Crippen molar-refractivity contribution in [1.82, 2.24) is 0 Å². The zero-order valence-corrected chi connectivity index (χ0v) is 26.3. The van der Waals surface area contributed by atoms with Crippen LogP contribution in [0.2, 0.25) is 0 Å². The van der Waals surface area contributed by atoms with Gasteiger partial charge in [0.15, 0.2) is 0 Å². The molecule has 0 N–H and O–H groups in total. The largest absolute Gasteiger partial charge is 2.00 e. The number of hydrogen-bond donors (Lipinski definition) is 0. The van der Waals surface area contributed by atoms with Crippen LogP contribution in [0.4, 0.5) is 0 Å². The van der Waals surface area contributed by atoms with Crippen molar-refractivity contribution in [1.29, 1.82) is 0 Å². The minimum Gasteiger partial charge on any atom is -1.00 e. The predicted molar refractivity (Wildman–Crippen MR) is 161 cm³/mol. The van der Waals surface area contributed by atoms with E-state index in [0.29, 0.717) is 7.92 Å². The molecule has 4 rings (SSSR count). The molecule has 4 aromatic carbocycles. The first-order chi connectivity index (χ1) is 17.2. The number of benzene rings is 4. The SMILES string of the molecule is CCP(CC)CC.[Br-].[C](=Cc1ccccc1CP(c1ccccc1)c1ccccc1)c1ccccc1.[Ni+2]. The topological polar surface area (TPSA) is 0 Å². The molecule has 4 heteroatoms. The van der Waals surface area contributed by atoms with Gasteiger partial charge in [-0.15, -0.1) is 7.92 Å². The van der Waals surface area contributed by atoms with Gasteiger partial charge in [0.05, 0.1) is 0 Å². The second-order valence-corrected chi connectivity index (χ2v) is 13.7. The fraction of sp³-hybridized carbons (Fsp3) is 0.212. The fourth-order valence-electron chi connectivity index (χ4n) is 3.90. The van der Waals surface area contributed by atoms with Crippen molar-refractivity contribution in [2.24, 2.45) is 0 Å². The minimum atomic E-state index is -0.456. The van der Waals surface area contributed by atoms with Crippen LogP contribution in [-0.4, -0.2) is 18.5 Å². The molecule has 37 heavy (non-hydrogen) atoms. The molecular weight excluding hydrogens is 597 g/mol. The van der Waals surface area contributed by atoms with Gasteiger partial charge in [0.2, 0.25) is 0 Å². The van der Waals surface area contributed by atoms with Crippen LogP contribution in [-0.2, 0) is 22.7 Å². The van der Waals surface area contributed by atoms with Gasteiger partial charge in [-0.05, 0) is 65.9 Å². The summed E-state index contributed by atoms with van der Waals surface area (Å²) in [6.45, 7) is 6.87. The molecular formula is C33H37BrNiP2+. The first-order valence-corrected chi connectivity index (χ1v) is 16.0. The molecule has 0 spiro atoms. The maximum Gasteiger partial charge on any atom is 2.00 e. The molecule has 0 saturated heterocycles. The van der Waals surface area contributed by atoms with E-state index >= 15 is 0 Å². The molecule has 0 unspecified atom stereocenters. The summed E-state index contributed by atoms with van der Waals surface area (Å²) in [5.74, 6) is 0. The molecule has 195 valence electrons. The summed E-state index contributed by atoms with van der Waals surface area (Å²) in [5.41, 5.74) is 3.71. The zero-order chi connectivity index (χ0) is 24.7. The van der Waals surface area contributed by atoms with E-state index in [4.69, 9.17) is 0 Å². The number of rotatable bonds is 9. The molecule has 0 aliphatic heterocycles. The van der Waals surface area contributed by atoms with E-state index in [0.717, 1.165) is 11.7 Å². The van der Waals surface area contributed by atoms with Crippen molar-refractivity contribution in [2.75, 3.05) is 18.5 Å². The van der Waals surface area contributed by atoms with Gasteiger partial charge >= 0.3 is 16.5 Å². The summed E-state index contributed by atoms with van der Waals surface area (Å²) >= 11 is 0. The molecule has 0 saturated carbocycles. The van der Waals surface area contributed by atoms with E-state index in [1.807, 2.05) is 18.2 Å². The molecule has 0 fully saturated rings. The molecule has 0 aromatic heterocycles. The van der Waals surface area contributed by atoms with E-state index in [-0.39, 0.29) is 33.5 Å². The summed E-state index contributed by atoms with van der Waals surface area (Å²) in [4.78, 5) is 0. The van der Waals surface area contributed by atoms with Crippen molar-refractivity contribution in [2.45, 2.75) is 26.9 Å². The average Bonchev–Trinajstić information content (AvgIpc) is 2.94. The molecule has 0 atom stereocenters. The molecule has 1 radical (unpaired) electrons. The molecule has 0 heterocycles. The van der Waals surface area contributed by atoms with Gasteiger partial charge in [0.1, 0.15) is 0 Å². The van der Waals surface area contributed by atoms with Gasteiger partial charge in [-0.3, -0.25) is 0 Å². The van der Waals surface area contributed by atoms with Gasteiger partial charge in [0, 0.05) is 6.16 Å². The van der Waals surface area contributed by atoms with Crippen LogP contribution >= 0.6 is 15.8 Å². The quantitative estimate of drug-likeness (QED) is 0.126. The van der Waals surface area contributed by atoms with Crippen molar-refractivity contribution in [3.05, 3.63) is 138 Å². The second-order valence-electron chi connectivity index (χ2n) is 8.23. The Balaban J connectivity index is 0.000000674. The maximum atomic E-state index is 3.44. The van der Waals surface area contributed by atoms with Gasteiger partial charge < -0.3 is 17.0 Å². The van der Waals surface area contributed by atoms with Crippen LogP contribution in [0.25, 0.3) is 6.08 Å². The molecule has 0 aliphatic rings. The van der Waals surface area contributed by atoms with Gasteiger partial charge in [0.25, 0.3) is 0 Å². The molecule has 0 aliphatic carbocycles. The van der Waals surface area contributed by atoms with Crippen molar-refractivity contribution in [3.63, 3.8) is 0 Å². The van der Waals surface area contributed by atoms with Crippen LogP contribution in [0.1, 0.15) is 37.5 Å². The van der Waals surface area contributed by atoms with Crippen molar-refractivity contribution < 1.29 is 33.5 Å². The minimum absolute atomic E-state index is 0. The Morgan fingerprint density at radius 3 is 1.49 bits per heavy atom. The van der Waals surface area contributed by atoms with Crippen molar-refractivity contribution >= 4 is 32.5 Å². The van der Waals surface area contributed by atoms with E-state index in [2.05, 4.69) is 130 Å². The Bertz CT molecular complexity index is 1090. The summed E-state index contributed by atoms with van der Waals surface area (Å²) in [6, 6.07) is 40.8. The van der Waals surface area contributed by atoms with E-state index in [1.54, 1.807) is 0 Å². The Hall–Kier alpha value is -1.55.